The second-order valence-corrected chi connectivity index (χ2v) is 7.71. The largest absolute Gasteiger partial charge is 0.394 e. The van der Waals surface area contributed by atoms with Crippen LogP contribution in [0.15, 0.2) is 53.5 Å². The van der Waals surface area contributed by atoms with Crippen LogP contribution in [0.3, 0.4) is 0 Å². The Balaban J connectivity index is 1.76. The summed E-state index contributed by atoms with van der Waals surface area (Å²) in [6.07, 6.45) is 0.771. The third-order valence-electron chi connectivity index (χ3n) is 5.56. The van der Waals surface area contributed by atoms with Gasteiger partial charge in [0.1, 0.15) is 0 Å². The number of hydrogen-bond donors (Lipinski definition) is 3. The van der Waals surface area contributed by atoms with Crippen LogP contribution in [0.5, 0.6) is 0 Å². The highest BCUT2D eigenvalue weighted by Crippen LogP contribution is 2.52. The number of aliphatic hydroxyl groups excluding tert-OH is 2. The van der Waals surface area contributed by atoms with E-state index < -0.39 is 18.2 Å². The van der Waals surface area contributed by atoms with Gasteiger partial charge in [0.15, 0.2) is 11.5 Å². The normalized spacial score (nSPS) is 23.0. The molecule has 0 bridgehead atoms. The molecule has 4 rings (SSSR count). The number of aliphatic imine (C=N–C) groups is 1. The van der Waals surface area contributed by atoms with E-state index in [1.165, 1.54) is 10.5 Å². The lowest BCUT2D eigenvalue weighted by Gasteiger charge is -2.27. The number of carbonyl (C=O) groups is 1. The molecule has 1 fully saturated rings. The molecule has 28 heavy (non-hydrogen) atoms. The summed E-state index contributed by atoms with van der Waals surface area (Å²) < 4.78 is 0. The Morgan fingerprint density at radius 2 is 1.89 bits per heavy atom. The third kappa shape index (κ3) is 3.08. The highest BCUT2D eigenvalue weighted by molar-refractivity contribution is 6.07. The predicted molar refractivity (Wildman–Crippen MR) is 107 cm³/mol. The van der Waals surface area contributed by atoms with Crippen LogP contribution in [0.25, 0.3) is 11.1 Å². The first-order valence-corrected chi connectivity index (χ1v) is 9.59. The van der Waals surface area contributed by atoms with Crippen molar-refractivity contribution >= 4 is 11.9 Å². The minimum Gasteiger partial charge on any atom is -0.394 e. The van der Waals surface area contributed by atoms with Gasteiger partial charge in [0.2, 0.25) is 0 Å². The van der Waals surface area contributed by atoms with Gasteiger partial charge in [-0.3, -0.25) is 9.69 Å². The standard InChI is InChI=1S/C22H25N3O3/c1-14-4-2-5-15(10-14)16-6-3-7-18(11-16)22(17-8-9-17)20(28)25(21(23)24-22)12-19(27)13-26/h2-7,10-11,17,19,26-27H,8-9,12-13H2,1H3,(H2,23,24). The predicted octanol–water partition coefficient (Wildman–Crippen LogP) is 1.78. The Hall–Kier alpha value is -2.70. The fraction of sp³-hybridized carbons (Fsp3) is 0.364. The van der Waals surface area contributed by atoms with Gasteiger partial charge in [-0.2, -0.15) is 0 Å². The van der Waals surface area contributed by atoms with Gasteiger partial charge in [-0.05, 0) is 48.4 Å². The maximum atomic E-state index is 13.4. The lowest BCUT2D eigenvalue weighted by molar-refractivity contribution is -0.133. The van der Waals surface area contributed by atoms with E-state index in [2.05, 4.69) is 24.0 Å². The van der Waals surface area contributed by atoms with Crippen molar-refractivity contribution in [1.82, 2.24) is 4.90 Å². The van der Waals surface area contributed by atoms with Crippen molar-refractivity contribution in [2.45, 2.75) is 31.4 Å². The molecule has 1 amide bonds. The van der Waals surface area contributed by atoms with Gasteiger partial charge in [-0.15, -0.1) is 0 Å². The minimum absolute atomic E-state index is 0.0588. The molecule has 2 aromatic rings. The Kier molecular flexibility index (Phi) is 4.69. The second-order valence-electron chi connectivity index (χ2n) is 7.71. The molecule has 2 aromatic carbocycles. The molecule has 146 valence electrons. The molecule has 1 heterocycles. The molecule has 2 atom stereocenters. The molecule has 4 N–H and O–H groups in total. The van der Waals surface area contributed by atoms with E-state index >= 15 is 0 Å². The fourth-order valence-electron chi connectivity index (χ4n) is 3.99. The number of rotatable bonds is 6. The Morgan fingerprint density at radius 1 is 1.21 bits per heavy atom. The van der Waals surface area contributed by atoms with Crippen molar-refractivity contribution < 1.29 is 15.0 Å². The number of amides is 1. The summed E-state index contributed by atoms with van der Waals surface area (Å²) >= 11 is 0. The Bertz CT molecular complexity index is 938. The number of carbonyl (C=O) groups excluding carboxylic acids is 1. The maximum absolute atomic E-state index is 13.4. The van der Waals surface area contributed by atoms with E-state index in [1.54, 1.807) is 0 Å². The molecule has 6 nitrogen and oxygen atoms in total. The molecule has 1 aliphatic heterocycles. The number of nitrogens with two attached hydrogens (primary N) is 1. The molecule has 0 aromatic heterocycles. The van der Waals surface area contributed by atoms with Crippen molar-refractivity contribution in [3.8, 4) is 11.1 Å². The molecule has 0 saturated heterocycles. The quantitative estimate of drug-likeness (QED) is 0.712. The summed E-state index contributed by atoms with van der Waals surface area (Å²) in [5, 5.41) is 19.0. The van der Waals surface area contributed by atoms with Gasteiger partial charge in [0.25, 0.3) is 5.91 Å². The van der Waals surface area contributed by atoms with Gasteiger partial charge in [0.05, 0.1) is 19.3 Å². The zero-order valence-electron chi connectivity index (χ0n) is 15.9. The summed E-state index contributed by atoms with van der Waals surface area (Å²) in [6.45, 7) is 1.56. The molecule has 0 radical (unpaired) electrons. The summed E-state index contributed by atoms with van der Waals surface area (Å²) in [5.74, 6) is -0.0191. The van der Waals surface area contributed by atoms with Crippen molar-refractivity contribution in [1.29, 1.82) is 0 Å². The molecule has 2 aliphatic rings. The molecule has 1 aliphatic carbocycles. The van der Waals surface area contributed by atoms with Crippen LogP contribution in [0, 0.1) is 12.8 Å². The molecular weight excluding hydrogens is 354 g/mol. The topological polar surface area (TPSA) is 99.2 Å². The smallest absolute Gasteiger partial charge is 0.262 e. The first-order chi connectivity index (χ1) is 13.5. The summed E-state index contributed by atoms with van der Waals surface area (Å²) in [6, 6.07) is 16.2. The molecule has 2 unspecified atom stereocenters. The van der Waals surface area contributed by atoms with Crippen molar-refractivity contribution in [3.63, 3.8) is 0 Å². The van der Waals surface area contributed by atoms with Gasteiger partial charge in [-0.25, -0.2) is 4.99 Å². The average Bonchev–Trinajstić information content (AvgIpc) is 3.51. The first-order valence-electron chi connectivity index (χ1n) is 9.59. The van der Waals surface area contributed by atoms with E-state index in [0.29, 0.717) is 0 Å². The summed E-state index contributed by atoms with van der Waals surface area (Å²) in [4.78, 5) is 19.3. The van der Waals surface area contributed by atoms with Crippen molar-refractivity contribution in [3.05, 3.63) is 59.7 Å². The zero-order chi connectivity index (χ0) is 19.9. The minimum atomic E-state index is -1.05. The number of nitrogens with zero attached hydrogens (tertiary/aromatic N) is 2. The van der Waals surface area contributed by atoms with Crippen LogP contribution in [0.2, 0.25) is 0 Å². The van der Waals surface area contributed by atoms with E-state index in [0.717, 1.165) is 29.5 Å². The highest BCUT2D eigenvalue weighted by atomic mass is 16.3. The van der Waals surface area contributed by atoms with Crippen LogP contribution in [0.4, 0.5) is 0 Å². The van der Waals surface area contributed by atoms with E-state index in [9.17, 15) is 9.90 Å². The Morgan fingerprint density at radius 3 is 2.54 bits per heavy atom. The maximum Gasteiger partial charge on any atom is 0.262 e. The van der Waals surface area contributed by atoms with Crippen LogP contribution in [0.1, 0.15) is 24.0 Å². The number of benzene rings is 2. The Labute approximate surface area is 164 Å². The monoisotopic (exact) mass is 379 g/mol. The molecule has 6 heteroatoms. The van der Waals surface area contributed by atoms with Crippen LogP contribution in [-0.2, 0) is 10.3 Å². The van der Waals surface area contributed by atoms with Crippen LogP contribution in [-0.4, -0.2) is 46.2 Å². The number of aryl methyl sites for hydroxylation is 1. The highest BCUT2D eigenvalue weighted by Gasteiger charge is 2.58. The van der Waals surface area contributed by atoms with Crippen molar-refractivity contribution in [2.75, 3.05) is 13.2 Å². The fourth-order valence-corrected chi connectivity index (χ4v) is 3.99. The van der Waals surface area contributed by atoms with E-state index in [4.69, 9.17) is 10.8 Å². The van der Waals surface area contributed by atoms with Gasteiger partial charge >= 0.3 is 0 Å². The van der Waals surface area contributed by atoms with Gasteiger partial charge < -0.3 is 15.9 Å². The van der Waals surface area contributed by atoms with E-state index in [-0.39, 0.29) is 24.3 Å². The van der Waals surface area contributed by atoms with Crippen LogP contribution < -0.4 is 5.73 Å². The summed E-state index contributed by atoms with van der Waals surface area (Å²) in [5.41, 5.74) is 9.14. The lowest BCUT2D eigenvalue weighted by Crippen LogP contribution is -2.47. The average molecular weight is 379 g/mol. The lowest BCUT2D eigenvalue weighted by atomic mass is 9.83. The second kappa shape index (κ2) is 7.04. The van der Waals surface area contributed by atoms with E-state index in [1.807, 2.05) is 36.4 Å². The molecular formula is C22H25N3O3. The number of β-amino-alcohol motifs (C(OH)–C–C–N with tert-alkyl or cyclic N) is 1. The van der Waals surface area contributed by atoms with Gasteiger partial charge in [0, 0.05) is 0 Å². The summed E-state index contributed by atoms with van der Waals surface area (Å²) in [7, 11) is 0. The number of hydrogen-bond acceptors (Lipinski definition) is 5. The number of guanidine groups is 1. The van der Waals surface area contributed by atoms with Crippen molar-refractivity contribution in [2.24, 2.45) is 16.6 Å². The SMILES string of the molecule is Cc1cccc(-c2cccc(C3(C4CC4)N=C(N)N(CC(O)CO)C3=O)c2)c1. The molecule has 1 saturated carbocycles. The number of aliphatic hydroxyl groups is 2. The van der Waals surface area contributed by atoms with Crippen LogP contribution >= 0.6 is 0 Å². The molecule has 0 spiro atoms. The zero-order valence-corrected chi connectivity index (χ0v) is 15.9. The van der Waals surface area contributed by atoms with Gasteiger partial charge in [-0.1, -0.05) is 48.0 Å². The third-order valence-corrected chi connectivity index (χ3v) is 5.56. The first kappa shape index (κ1) is 18.7.